The number of hydrogen-bond donors (Lipinski definition) is 0. The highest BCUT2D eigenvalue weighted by molar-refractivity contribution is 9.10. The molecule has 1 heterocycles. The van der Waals surface area contributed by atoms with E-state index in [0.29, 0.717) is 11.8 Å². The summed E-state index contributed by atoms with van der Waals surface area (Å²) in [6, 6.07) is 33.3. The van der Waals surface area contributed by atoms with E-state index >= 15 is 0 Å². The third kappa shape index (κ3) is 5.55. The molecule has 0 radical (unpaired) electrons. The van der Waals surface area contributed by atoms with Crippen LogP contribution >= 0.6 is 15.9 Å². The zero-order valence-corrected chi connectivity index (χ0v) is 22.2. The molecule has 0 unspecified atom stereocenters. The van der Waals surface area contributed by atoms with Gasteiger partial charge in [0.25, 0.3) is 0 Å². The fourth-order valence-electron chi connectivity index (χ4n) is 3.96. The fourth-order valence-corrected chi connectivity index (χ4v) is 4.38. The number of halogens is 1. The molecule has 0 N–H and O–H groups in total. The van der Waals surface area contributed by atoms with Gasteiger partial charge in [0.05, 0.1) is 0 Å². The maximum Gasteiger partial charge on any atom is 0.248 e. The van der Waals surface area contributed by atoms with Gasteiger partial charge >= 0.3 is 0 Å². The predicted octanol–water partition coefficient (Wildman–Crippen LogP) is 9.30. The van der Waals surface area contributed by atoms with Crippen LogP contribution in [0.15, 0.2) is 106 Å². The number of aromatic nitrogens is 2. The number of benzene rings is 4. The van der Waals surface area contributed by atoms with E-state index in [1.54, 1.807) is 0 Å². The summed E-state index contributed by atoms with van der Waals surface area (Å²) in [5.41, 5.74) is 7.82. The minimum atomic E-state index is 0.108. The Balaban J connectivity index is 1.28. The molecule has 5 aromatic rings. The van der Waals surface area contributed by atoms with E-state index in [0.717, 1.165) is 37.9 Å². The molecule has 3 nitrogen and oxygen atoms in total. The molecule has 0 aliphatic carbocycles. The van der Waals surface area contributed by atoms with Gasteiger partial charge < -0.3 is 4.42 Å². The van der Waals surface area contributed by atoms with Gasteiger partial charge in [-0.2, -0.15) is 0 Å². The highest BCUT2D eigenvalue weighted by Crippen LogP contribution is 2.29. The maximum absolute atomic E-state index is 5.98. The van der Waals surface area contributed by atoms with Gasteiger partial charge in [0.1, 0.15) is 0 Å². The largest absolute Gasteiger partial charge is 0.416 e. The topological polar surface area (TPSA) is 38.9 Å². The van der Waals surface area contributed by atoms with Crippen LogP contribution in [0, 0.1) is 0 Å². The molecule has 0 bridgehead atoms. The quantitative estimate of drug-likeness (QED) is 0.211. The van der Waals surface area contributed by atoms with Gasteiger partial charge in [-0.15, -0.1) is 10.2 Å². The van der Waals surface area contributed by atoms with Gasteiger partial charge in [0, 0.05) is 15.6 Å². The molecule has 4 aromatic carbocycles. The van der Waals surface area contributed by atoms with Crippen molar-refractivity contribution in [3.05, 3.63) is 118 Å². The third-order valence-electron chi connectivity index (χ3n) is 6.12. The zero-order chi connectivity index (χ0) is 25.1. The normalized spacial score (nSPS) is 11.8. The zero-order valence-electron chi connectivity index (χ0n) is 20.6. The second-order valence-corrected chi connectivity index (χ2v) is 10.7. The van der Waals surface area contributed by atoms with Crippen LogP contribution in [0.1, 0.15) is 37.5 Å². The summed E-state index contributed by atoms with van der Waals surface area (Å²) in [7, 11) is 0. The molecule has 1 aromatic heterocycles. The van der Waals surface area contributed by atoms with E-state index in [1.165, 1.54) is 5.56 Å². The lowest BCUT2D eigenvalue weighted by Crippen LogP contribution is -2.10. The highest BCUT2D eigenvalue weighted by atomic mass is 79.9. The van der Waals surface area contributed by atoms with Crippen LogP contribution in [0.4, 0.5) is 0 Å². The molecule has 4 heteroatoms. The summed E-state index contributed by atoms with van der Waals surface area (Å²) in [5, 5.41) is 8.53. The van der Waals surface area contributed by atoms with Crippen LogP contribution in [-0.2, 0) is 5.41 Å². The van der Waals surface area contributed by atoms with Crippen LogP contribution in [0.5, 0.6) is 0 Å². The van der Waals surface area contributed by atoms with Crippen LogP contribution in [-0.4, -0.2) is 10.2 Å². The molecule has 0 spiro atoms. The van der Waals surface area contributed by atoms with Crippen molar-refractivity contribution >= 4 is 28.1 Å². The maximum atomic E-state index is 5.98. The van der Waals surface area contributed by atoms with E-state index in [4.69, 9.17) is 4.42 Å². The van der Waals surface area contributed by atoms with Crippen LogP contribution < -0.4 is 0 Å². The Labute approximate surface area is 220 Å². The first kappa shape index (κ1) is 24.0. The monoisotopic (exact) mass is 534 g/mol. The highest BCUT2D eigenvalue weighted by Gasteiger charge is 2.15. The molecule has 178 valence electrons. The first-order valence-electron chi connectivity index (χ1n) is 11.9. The smallest absolute Gasteiger partial charge is 0.248 e. The third-order valence-corrected chi connectivity index (χ3v) is 6.61. The average molecular weight is 535 g/mol. The Hall–Kier alpha value is -3.76. The van der Waals surface area contributed by atoms with Gasteiger partial charge in [0.2, 0.25) is 11.8 Å². The van der Waals surface area contributed by atoms with Crippen molar-refractivity contribution in [1.29, 1.82) is 0 Å². The Morgan fingerprint density at radius 3 is 1.67 bits per heavy atom. The lowest BCUT2D eigenvalue weighted by Gasteiger charge is -2.18. The Morgan fingerprint density at radius 1 is 0.611 bits per heavy atom. The van der Waals surface area contributed by atoms with Crippen molar-refractivity contribution < 1.29 is 4.42 Å². The Morgan fingerprint density at radius 2 is 1.11 bits per heavy atom. The summed E-state index contributed by atoms with van der Waals surface area (Å²) in [4.78, 5) is 0. The first-order valence-corrected chi connectivity index (χ1v) is 12.7. The number of nitrogens with zero attached hydrogens (tertiary/aromatic N) is 2. The van der Waals surface area contributed by atoms with E-state index < -0.39 is 0 Å². The molecular weight excluding hydrogens is 508 g/mol. The van der Waals surface area contributed by atoms with Crippen LogP contribution in [0.25, 0.3) is 46.2 Å². The summed E-state index contributed by atoms with van der Waals surface area (Å²) < 4.78 is 7.06. The predicted molar refractivity (Wildman–Crippen MR) is 152 cm³/mol. The van der Waals surface area contributed by atoms with Crippen molar-refractivity contribution in [2.75, 3.05) is 0 Å². The van der Waals surface area contributed by atoms with E-state index in [9.17, 15) is 0 Å². The molecule has 0 saturated carbocycles. The molecule has 0 aliphatic rings. The fraction of sp³-hybridized carbons (Fsp3) is 0.125. The first-order chi connectivity index (χ1) is 17.3. The molecule has 0 amide bonds. The minimum Gasteiger partial charge on any atom is -0.416 e. The van der Waals surface area contributed by atoms with Crippen molar-refractivity contribution in [2.45, 2.75) is 26.2 Å². The Kier molecular flexibility index (Phi) is 6.71. The van der Waals surface area contributed by atoms with Crippen LogP contribution in [0.2, 0.25) is 0 Å². The molecule has 0 fully saturated rings. The second kappa shape index (κ2) is 10.1. The van der Waals surface area contributed by atoms with Gasteiger partial charge in [-0.05, 0) is 69.6 Å². The molecule has 0 saturated heterocycles. The average Bonchev–Trinajstić information content (AvgIpc) is 3.38. The standard InChI is InChI=1S/C32H27BrN2O/c1-32(2,3)28-19-17-27(18-20-28)31-35-34-30(36-31)26-15-13-25(14-16-26)24-11-9-22(10-12-24)7-8-23-5-4-6-29(33)21-23/h4-21H,1-3H3/b8-7+. The SMILES string of the molecule is CC(C)(C)c1ccc(-c2nnc(-c3ccc(-c4ccc(/C=C/c5cccc(Br)c5)cc4)cc3)o2)cc1. The number of hydrogen-bond acceptors (Lipinski definition) is 3. The summed E-state index contributed by atoms with van der Waals surface area (Å²) in [6.45, 7) is 6.60. The van der Waals surface area contributed by atoms with E-state index in [-0.39, 0.29) is 5.41 Å². The van der Waals surface area contributed by atoms with Crippen molar-refractivity contribution in [3.8, 4) is 34.0 Å². The lowest BCUT2D eigenvalue weighted by molar-refractivity contribution is 0.582. The van der Waals surface area contributed by atoms with Crippen molar-refractivity contribution in [2.24, 2.45) is 0 Å². The van der Waals surface area contributed by atoms with Crippen LogP contribution in [0.3, 0.4) is 0 Å². The summed E-state index contributed by atoms with van der Waals surface area (Å²) in [5.74, 6) is 1.05. The minimum absolute atomic E-state index is 0.108. The van der Waals surface area contributed by atoms with Gasteiger partial charge in [0.15, 0.2) is 0 Å². The molecule has 0 atom stereocenters. The van der Waals surface area contributed by atoms with Crippen molar-refractivity contribution in [3.63, 3.8) is 0 Å². The van der Waals surface area contributed by atoms with E-state index in [2.05, 4.69) is 120 Å². The molecule has 5 rings (SSSR count). The second-order valence-electron chi connectivity index (χ2n) is 9.83. The molecular formula is C32H27BrN2O. The van der Waals surface area contributed by atoms with Gasteiger partial charge in [-0.25, -0.2) is 0 Å². The van der Waals surface area contributed by atoms with Crippen molar-refractivity contribution in [1.82, 2.24) is 10.2 Å². The van der Waals surface area contributed by atoms with Gasteiger partial charge in [-0.1, -0.05) is 110 Å². The number of rotatable bonds is 5. The van der Waals surface area contributed by atoms with Gasteiger partial charge in [-0.3, -0.25) is 0 Å². The van der Waals surface area contributed by atoms with E-state index in [1.807, 2.05) is 36.4 Å². The summed E-state index contributed by atoms with van der Waals surface area (Å²) >= 11 is 3.52. The molecule has 36 heavy (non-hydrogen) atoms. The molecule has 0 aliphatic heterocycles. The Bertz CT molecular complexity index is 1490. The summed E-state index contributed by atoms with van der Waals surface area (Å²) in [6.07, 6.45) is 4.24. The lowest BCUT2D eigenvalue weighted by atomic mass is 9.87.